The number of nitrogens with zero attached hydrogens (tertiary/aromatic N) is 1. The zero-order valence-electron chi connectivity index (χ0n) is 21.9. The van der Waals surface area contributed by atoms with Crippen LogP contribution in [0.2, 0.25) is 0 Å². The summed E-state index contributed by atoms with van der Waals surface area (Å²) in [6, 6.07) is 6.27. The first kappa shape index (κ1) is 28.3. The number of aryl methyl sites for hydroxylation is 1. The predicted molar refractivity (Wildman–Crippen MR) is 139 cm³/mol. The topological polar surface area (TPSA) is 22.3 Å². The molecule has 1 aliphatic heterocycles. The summed E-state index contributed by atoms with van der Waals surface area (Å²) in [5, 5.41) is 0. The van der Waals surface area contributed by atoms with Crippen LogP contribution in [-0.2, 0) is 16.0 Å². The predicted octanol–water partition coefficient (Wildman–Crippen LogP) is 8.05. The molecule has 1 fully saturated rings. The van der Waals surface area contributed by atoms with Gasteiger partial charge in [0.15, 0.2) is 12.4 Å². The molecule has 2 atom stereocenters. The number of aromatic nitrogens is 1. The first-order valence-corrected chi connectivity index (χ1v) is 14.5. The van der Waals surface area contributed by atoms with Crippen molar-refractivity contribution in [1.29, 1.82) is 0 Å². The van der Waals surface area contributed by atoms with Gasteiger partial charge in [0, 0.05) is 31.8 Å². The van der Waals surface area contributed by atoms with Gasteiger partial charge in [-0.3, -0.25) is 0 Å². The molecular formula is C30H54NO2+. The molecule has 1 aromatic heterocycles. The molecule has 3 heteroatoms. The van der Waals surface area contributed by atoms with Crippen molar-refractivity contribution < 1.29 is 14.0 Å². The molecule has 190 valence electrons. The Hall–Kier alpha value is -0.930. The molecule has 0 bridgehead atoms. The van der Waals surface area contributed by atoms with E-state index in [-0.39, 0.29) is 0 Å². The largest absolute Gasteiger partial charge is 0.379 e. The maximum Gasteiger partial charge on any atom is 0.168 e. The van der Waals surface area contributed by atoms with Crippen LogP contribution in [0.5, 0.6) is 0 Å². The van der Waals surface area contributed by atoms with Crippen LogP contribution in [0.1, 0.15) is 122 Å². The fraction of sp³-hybridized carbons (Fsp3) is 0.833. The Morgan fingerprint density at radius 3 is 2.03 bits per heavy atom. The van der Waals surface area contributed by atoms with E-state index in [9.17, 15) is 0 Å². The molecular weight excluding hydrogens is 406 g/mol. The van der Waals surface area contributed by atoms with Crippen LogP contribution < -0.4 is 4.57 Å². The summed E-state index contributed by atoms with van der Waals surface area (Å²) in [4.78, 5) is 0. The van der Waals surface area contributed by atoms with Crippen molar-refractivity contribution in [1.82, 2.24) is 0 Å². The van der Waals surface area contributed by atoms with Gasteiger partial charge in [0.05, 0.1) is 12.7 Å². The molecule has 2 heterocycles. The van der Waals surface area contributed by atoms with E-state index >= 15 is 0 Å². The maximum atomic E-state index is 5.99. The second-order valence-electron chi connectivity index (χ2n) is 10.3. The van der Waals surface area contributed by atoms with E-state index in [0.717, 1.165) is 32.3 Å². The van der Waals surface area contributed by atoms with Crippen LogP contribution in [-0.4, -0.2) is 25.9 Å². The van der Waals surface area contributed by atoms with E-state index in [4.69, 9.17) is 9.47 Å². The van der Waals surface area contributed by atoms with Crippen LogP contribution in [0.3, 0.4) is 0 Å². The molecule has 0 N–H and O–H groups in total. The number of rotatable bonds is 22. The third-order valence-electron chi connectivity index (χ3n) is 7.17. The van der Waals surface area contributed by atoms with Crippen molar-refractivity contribution in [3.8, 4) is 0 Å². The lowest BCUT2D eigenvalue weighted by atomic mass is 9.97. The lowest BCUT2D eigenvalue weighted by Gasteiger charge is -2.10. The summed E-state index contributed by atoms with van der Waals surface area (Å²) in [6.45, 7) is 6.07. The fourth-order valence-electron chi connectivity index (χ4n) is 5.02. The zero-order chi connectivity index (χ0) is 23.2. The van der Waals surface area contributed by atoms with Gasteiger partial charge < -0.3 is 9.47 Å². The van der Waals surface area contributed by atoms with Gasteiger partial charge in [-0.15, -0.1) is 0 Å². The molecule has 0 aromatic carbocycles. The average Bonchev–Trinajstić information content (AvgIpc) is 3.29. The molecule has 2 rings (SSSR count). The highest BCUT2D eigenvalue weighted by Gasteiger charge is 2.24. The Morgan fingerprint density at radius 1 is 0.727 bits per heavy atom. The van der Waals surface area contributed by atoms with Crippen LogP contribution in [0.4, 0.5) is 0 Å². The first-order chi connectivity index (χ1) is 16.4. The van der Waals surface area contributed by atoms with Crippen LogP contribution in [0.15, 0.2) is 30.6 Å². The highest BCUT2D eigenvalue weighted by molar-refractivity contribution is 4.83. The van der Waals surface area contributed by atoms with Gasteiger partial charge in [0.2, 0.25) is 0 Å². The quantitative estimate of drug-likeness (QED) is 0.129. The second-order valence-corrected chi connectivity index (χ2v) is 10.3. The third-order valence-corrected chi connectivity index (χ3v) is 7.17. The number of unbranched alkanes of at least 4 members (excludes halogenated alkanes) is 14. The number of hydrogen-bond acceptors (Lipinski definition) is 2. The standard InChI is InChI=1S/C30H54NO2/c1-2-3-4-5-6-7-8-9-10-11-12-16-21-29-26-30(33-27-29)28-32-25-20-14-13-17-22-31-23-18-15-19-24-31/h15,18-19,23-24,29-30H,2-14,16-17,20-22,25-28H2,1H3/q+1. The molecule has 0 saturated carbocycles. The highest BCUT2D eigenvalue weighted by atomic mass is 16.5. The minimum Gasteiger partial charge on any atom is -0.379 e. The molecule has 0 radical (unpaired) electrons. The summed E-state index contributed by atoms with van der Waals surface area (Å²) >= 11 is 0. The van der Waals surface area contributed by atoms with E-state index in [1.54, 1.807) is 0 Å². The van der Waals surface area contributed by atoms with Gasteiger partial charge >= 0.3 is 0 Å². The minimum atomic E-state index is 0.349. The van der Waals surface area contributed by atoms with Crippen molar-refractivity contribution in [2.24, 2.45) is 5.92 Å². The van der Waals surface area contributed by atoms with Gasteiger partial charge in [0.1, 0.15) is 6.54 Å². The smallest absolute Gasteiger partial charge is 0.168 e. The lowest BCUT2D eigenvalue weighted by molar-refractivity contribution is -0.697. The Kier molecular flexibility index (Phi) is 17.5. The van der Waals surface area contributed by atoms with Gasteiger partial charge in [-0.05, 0) is 31.6 Å². The highest BCUT2D eigenvalue weighted by Crippen LogP contribution is 2.25. The third kappa shape index (κ3) is 15.6. The second kappa shape index (κ2) is 20.4. The molecule has 1 saturated heterocycles. The van der Waals surface area contributed by atoms with Gasteiger partial charge in [-0.25, -0.2) is 4.57 Å². The Bertz CT molecular complexity index is 535. The van der Waals surface area contributed by atoms with E-state index < -0.39 is 0 Å². The van der Waals surface area contributed by atoms with Crippen LogP contribution >= 0.6 is 0 Å². The fourth-order valence-corrected chi connectivity index (χ4v) is 5.02. The van der Waals surface area contributed by atoms with Crippen molar-refractivity contribution in [2.75, 3.05) is 19.8 Å². The number of hydrogen-bond donors (Lipinski definition) is 0. The van der Waals surface area contributed by atoms with E-state index in [1.165, 1.54) is 116 Å². The van der Waals surface area contributed by atoms with E-state index in [2.05, 4.69) is 42.1 Å². The Morgan fingerprint density at radius 2 is 1.33 bits per heavy atom. The Balaban J connectivity index is 1.29. The van der Waals surface area contributed by atoms with Crippen molar-refractivity contribution in [3.05, 3.63) is 30.6 Å². The summed E-state index contributed by atoms with van der Waals surface area (Å²) in [5.41, 5.74) is 0. The van der Waals surface area contributed by atoms with Gasteiger partial charge in [-0.1, -0.05) is 96.5 Å². The summed E-state index contributed by atoms with van der Waals surface area (Å²) in [7, 11) is 0. The SMILES string of the molecule is CCCCCCCCCCCCCCC1COC(COCCCCCC[n+]2ccccc2)C1. The molecule has 0 spiro atoms. The normalized spacial score (nSPS) is 18.2. The molecule has 3 nitrogen and oxygen atoms in total. The number of ether oxygens (including phenoxy) is 2. The summed E-state index contributed by atoms with van der Waals surface area (Å²) < 4.78 is 14.2. The molecule has 1 aliphatic rings. The van der Waals surface area contributed by atoms with Gasteiger partial charge in [0.25, 0.3) is 0 Å². The first-order valence-electron chi connectivity index (χ1n) is 14.5. The average molecular weight is 461 g/mol. The summed E-state index contributed by atoms with van der Waals surface area (Å²) in [6.07, 6.45) is 29.4. The minimum absolute atomic E-state index is 0.349. The monoisotopic (exact) mass is 460 g/mol. The zero-order valence-corrected chi connectivity index (χ0v) is 21.9. The van der Waals surface area contributed by atoms with E-state index in [0.29, 0.717) is 6.10 Å². The molecule has 1 aromatic rings. The summed E-state index contributed by atoms with van der Waals surface area (Å²) in [5.74, 6) is 0.775. The molecule has 2 unspecified atom stereocenters. The molecule has 33 heavy (non-hydrogen) atoms. The maximum absolute atomic E-state index is 5.99. The number of pyridine rings is 1. The molecule has 0 amide bonds. The molecule has 0 aliphatic carbocycles. The van der Waals surface area contributed by atoms with Crippen LogP contribution in [0.25, 0.3) is 0 Å². The lowest BCUT2D eigenvalue weighted by Crippen LogP contribution is -2.32. The van der Waals surface area contributed by atoms with Gasteiger partial charge in [-0.2, -0.15) is 0 Å². The Labute approximate surface area is 205 Å². The van der Waals surface area contributed by atoms with Crippen LogP contribution in [0, 0.1) is 5.92 Å². The van der Waals surface area contributed by atoms with Crippen molar-refractivity contribution >= 4 is 0 Å². The van der Waals surface area contributed by atoms with Crippen molar-refractivity contribution in [2.45, 2.75) is 135 Å². The van der Waals surface area contributed by atoms with Crippen molar-refractivity contribution in [3.63, 3.8) is 0 Å². The van der Waals surface area contributed by atoms with E-state index in [1.807, 2.05) is 0 Å².